The van der Waals surface area contributed by atoms with E-state index in [1.54, 1.807) is 6.92 Å². The molecule has 1 N–H and O–H groups in total. The van der Waals surface area contributed by atoms with Gasteiger partial charge < -0.3 is 9.84 Å². The fourth-order valence-corrected chi connectivity index (χ4v) is 2.35. The molecule has 1 aliphatic rings. The number of aliphatic hydroxyl groups is 1. The topological polar surface area (TPSA) is 53.2 Å². The Hall–Kier alpha value is -0.590. The molecule has 0 aliphatic heterocycles. The molecule has 3 heteroatoms. The normalized spacial score (nSPS) is 32.2. The molecule has 3 unspecified atom stereocenters. The SMILES string of the molecule is CC(O)C(C)OC1(C#N)CCCC(C)(C)CC1. The van der Waals surface area contributed by atoms with Crippen LogP contribution in [0.2, 0.25) is 0 Å². The van der Waals surface area contributed by atoms with Crippen LogP contribution in [0.4, 0.5) is 0 Å². The summed E-state index contributed by atoms with van der Waals surface area (Å²) in [7, 11) is 0. The van der Waals surface area contributed by atoms with Crippen LogP contribution in [0.3, 0.4) is 0 Å². The lowest BCUT2D eigenvalue weighted by Gasteiger charge is -2.31. The van der Waals surface area contributed by atoms with Crippen LogP contribution in [0.1, 0.15) is 59.8 Å². The Morgan fingerprint density at radius 2 is 1.82 bits per heavy atom. The van der Waals surface area contributed by atoms with Gasteiger partial charge in [-0.3, -0.25) is 0 Å². The quantitative estimate of drug-likeness (QED) is 0.770. The van der Waals surface area contributed by atoms with Crippen LogP contribution < -0.4 is 0 Å². The molecule has 0 radical (unpaired) electrons. The number of hydrogen-bond acceptors (Lipinski definition) is 3. The van der Waals surface area contributed by atoms with Crippen LogP contribution in [-0.4, -0.2) is 22.9 Å². The van der Waals surface area contributed by atoms with Gasteiger partial charge in [-0.15, -0.1) is 0 Å². The standard InChI is InChI=1S/C14H25NO2/c1-11(16)12(2)17-14(10-15)7-5-6-13(3,4)8-9-14/h11-12,16H,5-9H2,1-4H3. The molecule has 0 aromatic heterocycles. The minimum atomic E-state index is -0.690. The average molecular weight is 239 g/mol. The van der Waals surface area contributed by atoms with Crippen LogP contribution in [0.25, 0.3) is 0 Å². The van der Waals surface area contributed by atoms with E-state index in [1.165, 1.54) is 0 Å². The minimum absolute atomic E-state index is 0.282. The lowest BCUT2D eigenvalue weighted by molar-refractivity contribution is -0.102. The molecule has 0 aromatic carbocycles. The van der Waals surface area contributed by atoms with Gasteiger partial charge in [-0.25, -0.2) is 0 Å². The third kappa shape index (κ3) is 3.97. The van der Waals surface area contributed by atoms with Crippen molar-refractivity contribution in [1.29, 1.82) is 5.26 Å². The average Bonchev–Trinajstić information content (AvgIpc) is 2.39. The van der Waals surface area contributed by atoms with Crippen molar-refractivity contribution in [2.75, 3.05) is 0 Å². The Morgan fingerprint density at radius 3 is 2.35 bits per heavy atom. The molecule has 0 saturated heterocycles. The Labute approximate surface area is 105 Å². The zero-order chi connectivity index (χ0) is 13.1. The van der Waals surface area contributed by atoms with Gasteiger partial charge in [0.25, 0.3) is 0 Å². The molecule has 1 fully saturated rings. The van der Waals surface area contributed by atoms with Gasteiger partial charge in [-0.05, 0) is 51.4 Å². The molecule has 0 amide bonds. The molecule has 3 nitrogen and oxygen atoms in total. The van der Waals surface area contributed by atoms with Crippen molar-refractivity contribution >= 4 is 0 Å². The summed E-state index contributed by atoms with van der Waals surface area (Å²) in [6.07, 6.45) is 3.91. The summed E-state index contributed by atoms with van der Waals surface area (Å²) in [4.78, 5) is 0. The van der Waals surface area contributed by atoms with Crippen LogP contribution in [-0.2, 0) is 4.74 Å². The van der Waals surface area contributed by atoms with E-state index >= 15 is 0 Å². The zero-order valence-corrected chi connectivity index (χ0v) is 11.5. The largest absolute Gasteiger partial charge is 0.391 e. The van der Waals surface area contributed by atoms with E-state index in [-0.39, 0.29) is 6.10 Å². The third-order valence-electron chi connectivity index (χ3n) is 3.93. The monoisotopic (exact) mass is 239 g/mol. The van der Waals surface area contributed by atoms with Gasteiger partial charge in [0, 0.05) is 0 Å². The highest BCUT2D eigenvalue weighted by Crippen LogP contribution is 2.40. The maximum absolute atomic E-state index is 9.50. The summed E-state index contributed by atoms with van der Waals surface area (Å²) in [5.41, 5.74) is -0.389. The van der Waals surface area contributed by atoms with Crippen LogP contribution in [0, 0.1) is 16.7 Å². The highest BCUT2D eigenvalue weighted by molar-refractivity contribution is 5.04. The van der Waals surface area contributed by atoms with Crippen molar-refractivity contribution in [3.8, 4) is 6.07 Å². The number of hydrogen-bond donors (Lipinski definition) is 1. The second-order valence-corrected chi connectivity index (χ2v) is 6.19. The first-order valence-corrected chi connectivity index (χ1v) is 6.57. The molecule has 98 valence electrons. The first kappa shape index (κ1) is 14.5. The first-order valence-electron chi connectivity index (χ1n) is 6.57. The summed E-state index contributed by atoms with van der Waals surface area (Å²) < 4.78 is 5.85. The van der Waals surface area contributed by atoms with Gasteiger partial charge >= 0.3 is 0 Å². The summed E-state index contributed by atoms with van der Waals surface area (Å²) in [5, 5.41) is 18.9. The van der Waals surface area contributed by atoms with Crippen LogP contribution in [0.15, 0.2) is 0 Å². The van der Waals surface area contributed by atoms with Crippen molar-refractivity contribution in [1.82, 2.24) is 0 Å². The molecule has 3 atom stereocenters. The summed E-state index contributed by atoms with van der Waals surface area (Å²) in [6, 6.07) is 2.35. The number of ether oxygens (including phenoxy) is 1. The van der Waals surface area contributed by atoms with Crippen molar-refractivity contribution in [3.05, 3.63) is 0 Å². The molecule has 17 heavy (non-hydrogen) atoms. The van der Waals surface area contributed by atoms with Crippen LogP contribution >= 0.6 is 0 Å². The smallest absolute Gasteiger partial charge is 0.154 e. The number of nitrogens with zero attached hydrogens (tertiary/aromatic N) is 1. The van der Waals surface area contributed by atoms with E-state index in [9.17, 15) is 10.4 Å². The van der Waals surface area contributed by atoms with Gasteiger partial charge in [0.1, 0.15) is 0 Å². The third-order valence-corrected chi connectivity index (χ3v) is 3.93. The van der Waals surface area contributed by atoms with Crippen molar-refractivity contribution in [2.24, 2.45) is 5.41 Å². The maximum atomic E-state index is 9.50. The Kier molecular flexibility index (Phi) is 4.57. The fraction of sp³-hybridized carbons (Fsp3) is 0.929. The second kappa shape index (κ2) is 5.37. The molecule has 1 saturated carbocycles. The summed E-state index contributed by atoms with van der Waals surface area (Å²) >= 11 is 0. The number of rotatable bonds is 3. The van der Waals surface area contributed by atoms with Crippen LogP contribution in [0.5, 0.6) is 0 Å². The van der Waals surface area contributed by atoms with Gasteiger partial charge in [-0.1, -0.05) is 13.8 Å². The van der Waals surface area contributed by atoms with Crippen molar-refractivity contribution in [2.45, 2.75) is 77.6 Å². The van der Waals surface area contributed by atoms with E-state index in [0.29, 0.717) is 5.41 Å². The molecule has 1 rings (SSSR count). The second-order valence-electron chi connectivity index (χ2n) is 6.19. The van der Waals surface area contributed by atoms with E-state index < -0.39 is 11.7 Å². The molecular weight excluding hydrogens is 214 g/mol. The van der Waals surface area contributed by atoms with E-state index in [2.05, 4.69) is 19.9 Å². The Morgan fingerprint density at radius 1 is 1.18 bits per heavy atom. The highest BCUT2D eigenvalue weighted by Gasteiger charge is 2.38. The van der Waals surface area contributed by atoms with Gasteiger partial charge in [0.05, 0.1) is 18.3 Å². The van der Waals surface area contributed by atoms with Gasteiger partial charge in [0.15, 0.2) is 5.60 Å². The molecule has 0 heterocycles. The van der Waals surface area contributed by atoms with Gasteiger partial charge in [-0.2, -0.15) is 5.26 Å². The lowest BCUT2D eigenvalue weighted by atomic mass is 9.84. The van der Waals surface area contributed by atoms with Crippen molar-refractivity contribution < 1.29 is 9.84 Å². The maximum Gasteiger partial charge on any atom is 0.154 e. The predicted octanol–water partition coefficient (Wildman–Crippen LogP) is 3.02. The molecule has 0 aromatic rings. The van der Waals surface area contributed by atoms with E-state index in [1.807, 2.05) is 6.92 Å². The molecule has 0 spiro atoms. The Bertz CT molecular complexity index is 293. The predicted molar refractivity (Wildman–Crippen MR) is 67.4 cm³/mol. The first-order chi connectivity index (χ1) is 7.80. The van der Waals surface area contributed by atoms with E-state index in [4.69, 9.17) is 4.74 Å². The summed E-state index contributed by atoms with van der Waals surface area (Å²) in [6.45, 7) is 8.03. The van der Waals surface area contributed by atoms with Gasteiger partial charge in [0.2, 0.25) is 0 Å². The highest BCUT2D eigenvalue weighted by atomic mass is 16.5. The zero-order valence-electron chi connectivity index (χ0n) is 11.5. The fourth-order valence-electron chi connectivity index (χ4n) is 2.35. The lowest BCUT2D eigenvalue weighted by Crippen LogP contribution is -2.38. The van der Waals surface area contributed by atoms with Crippen molar-refractivity contribution in [3.63, 3.8) is 0 Å². The summed E-state index contributed by atoms with van der Waals surface area (Å²) in [5.74, 6) is 0. The molecule has 1 aliphatic carbocycles. The number of aliphatic hydroxyl groups excluding tert-OH is 1. The molecular formula is C14H25NO2. The molecule has 0 bridgehead atoms. The number of nitriles is 1. The Balaban J connectivity index is 2.73. The minimum Gasteiger partial charge on any atom is -0.391 e. The van der Waals surface area contributed by atoms with E-state index in [0.717, 1.165) is 32.1 Å².